The number of hydrogen-bond acceptors (Lipinski definition) is 13. The van der Waals surface area contributed by atoms with Crippen molar-refractivity contribution in [2.45, 2.75) is 63.6 Å². The predicted molar refractivity (Wildman–Crippen MR) is 223 cm³/mol. The number of nitrogen functional groups attached to an aromatic ring is 1. The number of hydrogen-bond donors (Lipinski definition) is 4. The van der Waals surface area contributed by atoms with Crippen LogP contribution in [0.1, 0.15) is 71.2 Å². The number of amides is 5. The summed E-state index contributed by atoms with van der Waals surface area (Å²) in [5.74, 6) is -0.639. The van der Waals surface area contributed by atoms with E-state index in [0.29, 0.717) is 61.9 Å². The van der Waals surface area contributed by atoms with E-state index >= 15 is 0 Å². The summed E-state index contributed by atoms with van der Waals surface area (Å²) >= 11 is 0. The second-order valence-corrected chi connectivity index (χ2v) is 15.7. The largest absolute Gasteiger partial charge is 0.507 e. The van der Waals surface area contributed by atoms with Gasteiger partial charge in [0, 0.05) is 63.4 Å². The van der Waals surface area contributed by atoms with Crippen LogP contribution in [0.2, 0.25) is 0 Å². The van der Waals surface area contributed by atoms with Crippen LogP contribution in [0.4, 0.5) is 17.2 Å². The first-order valence-electron chi connectivity index (χ1n) is 20.6. The molecule has 4 aliphatic heterocycles. The zero-order valence-electron chi connectivity index (χ0n) is 33.3. The van der Waals surface area contributed by atoms with Crippen LogP contribution < -0.4 is 26.0 Å². The molecule has 4 aliphatic rings. The van der Waals surface area contributed by atoms with Gasteiger partial charge in [-0.05, 0) is 67.3 Å². The van der Waals surface area contributed by atoms with E-state index in [2.05, 4.69) is 42.8 Å². The third-order valence-electron chi connectivity index (χ3n) is 11.6. The number of nitrogens with two attached hydrogens (primary N) is 1. The van der Waals surface area contributed by atoms with Gasteiger partial charge in [0.05, 0.1) is 35.6 Å². The fourth-order valence-electron chi connectivity index (χ4n) is 8.30. The van der Waals surface area contributed by atoms with Crippen molar-refractivity contribution in [2.24, 2.45) is 0 Å². The molecule has 16 heteroatoms. The number of nitrogens with zero attached hydrogens (tertiary/aromatic N) is 6. The topological polar surface area (TPSA) is 204 Å². The van der Waals surface area contributed by atoms with Gasteiger partial charge in [-0.3, -0.25) is 39.1 Å². The minimum atomic E-state index is -1.00. The van der Waals surface area contributed by atoms with Crippen molar-refractivity contribution >= 4 is 46.7 Å². The van der Waals surface area contributed by atoms with Crippen molar-refractivity contribution in [1.82, 2.24) is 30.2 Å². The first-order chi connectivity index (χ1) is 29.1. The van der Waals surface area contributed by atoms with Crippen LogP contribution in [0.3, 0.4) is 0 Å². The summed E-state index contributed by atoms with van der Waals surface area (Å²) < 4.78 is 6.32. The van der Waals surface area contributed by atoms with E-state index in [9.17, 15) is 29.1 Å². The van der Waals surface area contributed by atoms with Crippen LogP contribution in [-0.2, 0) is 20.9 Å². The molecule has 0 radical (unpaired) electrons. The lowest BCUT2D eigenvalue weighted by Gasteiger charge is -2.41. The Bertz CT molecular complexity index is 2290. The maximum atomic E-state index is 13.3. The number of ether oxygens (including phenoxy) is 1. The van der Waals surface area contributed by atoms with Crippen molar-refractivity contribution in [3.8, 4) is 22.8 Å². The highest BCUT2D eigenvalue weighted by Gasteiger charge is 2.45. The molecular formula is C44H49N9O7. The number of fused-ring (bicyclic) bond motifs is 1. The molecular weight excluding hydrogens is 767 g/mol. The molecule has 3 fully saturated rings. The number of unbranched alkanes of at least 4 members (excludes halogenated alkanes) is 3. The number of imide groups is 2. The van der Waals surface area contributed by atoms with Gasteiger partial charge in [0.25, 0.3) is 11.8 Å². The van der Waals surface area contributed by atoms with Gasteiger partial charge in [-0.15, -0.1) is 10.2 Å². The van der Waals surface area contributed by atoms with Gasteiger partial charge >= 0.3 is 0 Å². The number of piperazine rings is 1. The van der Waals surface area contributed by atoms with Crippen molar-refractivity contribution in [3.05, 3.63) is 89.5 Å². The Morgan fingerprint density at radius 2 is 1.63 bits per heavy atom. The molecule has 312 valence electrons. The zero-order chi connectivity index (χ0) is 41.8. The Hall–Kier alpha value is -6.55. The molecule has 5 N–H and O–H groups in total. The normalized spacial score (nSPS) is 18.3. The van der Waals surface area contributed by atoms with E-state index in [4.69, 9.17) is 10.5 Å². The van der Waals surface area contributed by atoms with Crippen LogP contribution in [0.5, 0.6) is 11.5 Å². The molecule has 0 aliphatic carbocycles. The summed E-state index contributed by atoms with van der Waals surface area (Å²) in [7, 11) is 0. The highest BCUT2D eigenvalue weighted by molar-refractivity contribution is 6.25. The maximum absolute atomic E-state index is 13.3. The summed E-state index contributed by atoms with van der Waals surface area (Å²) in [6.45, 7) is 5.63. The number of phenolic OH excluding ortho intramolecular Hbond substituents is 1. The van der Waals surface area contributed by atoms with E-state index in [0.717, 1.165) is 67.2 Å². The average molecular weight is 816 g/mol. The van der Waals surface area contributed by atoms with E-state index in [1.807, 2.05) is 29.2 Å². The first kappa shape index (κ1) is 40.2. The molecule has 60 heavy (non-hydrogen) atoms. The van der Waals surface area contributed by atoms with Gasteiger partial charge in [-0.2, -0.15) is 0 Å². The minimum absolute atomic E-state index is 0.00981. The van der Waals surface area contributed by atoms with Crippen LogP contribution in [0, 0.1) is 0 Å². The average Bonchev–Trinajstić information content (AvgIpc) is 3.48. The molecule has 5 amide bonds. The van der Waals surface area contributed by atoms with Gasteiger partial charge in [-0.25, -0.2) is 0 Å². The number of phenols is 1. The molecule has 1 aromatic heterocycles. The molecule has 1 unspecified atom stereocenters. The van der Waals surface area contributed by atoms with Gasteiger partial charge in [0.2, 0.25) is 17.7 Å². The molecule has 5 heterocycles. The lowest BCUT2D eigenvalue weighted by Crippen LogP contribution is -2.54. The number of carbonyl (C=O) groups excluding carboxylic acids is 5. The number of rotatable bonds is 15. The standard InChI is InChI=1S/C44H49N9O7/c45-41-36(24-34(48-49-41)31-11-4-5-14-37(31)54)52-26-30(27-52)60-29-10-7-9-28(23-29)25-50-19-21-51(22-20-50)39(56)15-3-1-2-6-18-46-33-13-8-12-32-40(33)44(59)53(43(32)58)35-16-17-38(55)47-42(35)57/h4-5,7-14,23-24,30,35,46,54H,1-3,6,15-22,25-27H2,(H2,45,49)(H,47,55,57). The number of benzene rings is 3. The fraction of sp³-hybridized carbons (Fsp3) is 0.386. The van der Waals surface area contributed by atoms with Crippen molar-refractivity contribution in [3.63, 3.8) is 0 Å². The monoisotopic (exact) mass is 815 g/mol. The lowest BCUT2D eigenvalue weighted by atomic mass is 10.0. The third-order valence-corrected chi connectivity index (χ3v) is 11.6. The molecule has 16 nitrogen and oxygen atoms in total. The van der Waals surface area contributed by atoms with Gasteiger partial charge in [0.15, 0.2) is 5.82 Å². The van der Waals surface area contributed by atoms with E-state index in [1.54, 1.807) is 36.4 Å². The maximum Gasteiger partial charge on any atom is 0.264 e. The summed E-state index contributed by atoms with van der Waals surface area (Å²) in [4.78, 5) is 70.8. The quantitative estimate of drug-likeness (QED) is 0.0998. The van der Waals surface area contributed by atoms with E-state index < -0.39 is 29.7 Å². The van der Waals surface area contributed by atoms with Crippen molar-refractivity contribution < 1.29 is 33.8 Å². The molecule has 4 aromatic rings. The Kier molecular flexibility index (Phi) is 11.9. The van der Waals surface area contributed by atoms with Crippen LogP contribution in [-0.4, -0.2) is 117 Å². The smallest absolute Gasteiger partial charge is 0.264 e. The molecule has 3 saturated heterocycles. The first-order valence-corrected chi connectivity index (χ1v) is 20.6. The minimum Gasteiger partial charge on any atom is -0.507 e. The number of para-hydroxylation sites is 1. The number of anilines is 3. The molecule has 8 rings (SSSR count). The number of aromatic hydroxyl groups is 1. The Morgan fingerprint density at radius 3 is 2.43 bits per heavy atom. The molecule has 0 bridgehead atoms. The van der Waals surface area contributed by atoms with Crippen LogP contribution in [0.15, 0.2) is 72.8 Å². The summed E-state index contributed by atoms with van der Waals surface area (Å²) in [5.41, 5.74) is 10.3. The van der Waals surface area contributed by atoms with Crippen molar-refractivity contribution in [1.29, 1.82) is 0 Å². The van der Waals surface area contributed by atoms with Gasteiger partial charge < -0.3 is 30.7 Å². The van der Waals surface area contributed by atoms with Crippen molar-refractivity contribution in [2.75, 3.05) is 61.8 Å². The molecule has 3 aromatic carbocycles. The Labute approximate surface area is 347 Å². The fourth-order valence-corrected chi connectivity index (χ4v) is 8.30. The van der Waals surface area contributed by atoms with E-state index in [1.165, 1.54) is 0 Å². The van der Waals surface area contributed by atoms with Gasteiger partial charge in [-0.1, -0.05) is 43.2 Å². The number of carbonyl (C=O) groups is 5. The number of aromatic nitrogens is 2. The Morgan fingerprint density at radius 1 is 0.867 bits per heavy atom. The molecule has 0 saturated carbocycles. The molecule has 1 atom stereocenters. The highest BCUT2D eigenvalue weighted by atomic mass is 16.5. The number of nitrogens with one attached hydrogen (secondary N) is 2. The van der Waals surface area contributed by atoms with E-state index in [-0.39, 0.29) is 41.7 Å². The molecule has 0 spiro atoms. The lowest BCUT2D eigenvalue weighted by molar-refractivity contribution is -0.136. The summed E-state index contributed by atoms with van der Waals surface area (Å²) in [6, 6.07) is 21.1. The Balaban J connectivity index is 0.716. The number of piperidine rings is 1. The zero-order valence-corrected chi connectivity index (χ0v) is 33.3. The van der Waals surface area contributed by atoms with Crippen LogP contribution >= 0.6 is 0 Å². The predicted octanol–water partition coefficient (Wildman–Crippen LogP) is 3.81. The van der Waals surface area contributed by atoms with Crippen LogP contribution in [0.25, 0.3) is 11.3 Å². The second kappa shape index (κ2) is 17.7. The van der Waals surface area contributed by atoms with Gasteiger partial charge in [0.1, 0.15) is 23.6 Å². The highest BCUT2D eigenvalue weighted by Crippen LogP contribution is 2.35. The summed E-state index contributed by atoms with van der Waals surface area (Å²) in [5, 5.41) is 24.1. The third kappa shape index (κ3) is 8.73. The summed E-state index contributed by atoms with van der Waals surface area (Å²) in [6.07, 6.45) is 4.10. The SMILES string of the molecule is Nc1nnc(-c2ccccc2O)cc1N1CC(Oc2cccc(CN3CCN(C(=O)CCCCCCNc4cccc5c4C(=O)N(C4CCC(=O)NC4=O)C5=O)CC3)c2)C1. The second-order valence-electron chi connectivity index (χ2n) is 15.7.